The van der Waals surface area contributed by atoms with Crippen LogP contribution in [-0.2, 0) is 0 Å². The summed E-state index contributed by atoms with van der Waals surface area (Å²) in [5.74, 6) is 0. The van der Waals surface area contributed by atoms with Gasteiger partial charge in [0.15, 0.2) is 0 Å². The Morgan fingerprint density at radius 2 is 1.69 bits per heavy atom. The maximum Gasteiger partial charge on any atom is 0.0907 e. The van der Waals surface area contributed by atoms with E-state index in [-0.39, 0.29) is 17.0 Å². The smallest absolute Gasteiger partial charge is 0.0907 e. The highest BCUT2D eigenvalue weighted by Crippen LogP contribution is 2.24. The van der Waals surface area contributed by atoms with Gasteiger partial charge in [-0.15, -0.1) is 28.3 Å². The van der Waals surface area contributed by atoms with Gasteiger partial charge in [0.05, 0.1) is 15.2 Å². The minimum atomic E-state index is 0. The molecule has 0 unspecified atom stereocenters. The molecule has 0 saturated carbocycles. The zero-order chi connectivity index (χ0) is 8.72. The molecule has 0 aliphatic heterocycles. The molecular weight excluding hydrogens is 246 g/mol. The normalized spacial score (nSPS) is 10.1. The molecule has 1 nitrogen and oxygen atoms in total. The van der Waals surface area contributed by atoms with Crippen LogP contribution in [0.25, 0.3) is 10.2 Å². The fourth-order valence-electron chi connectivity index (χ4n) is 1.30. The quantitative estimate of drug-likeness (QED) is 0.700. The molecule has 0 aliphatic rings. The van der Waals surface area contributed by atoms with E-state index in [1.807, 2.05) is 0 Å². The molecule has 70 valence electrons. The SMILES string of the molecule is Br.Cc1nc2cc(C)c(C)cc2s1. The second-order valence-corrected chi connectivity index (χ2v) is 4.37. The molecule has 0 radical (unpaired) electrons. The zero-order valence-electron chi connectivity index (χ0n) is 7.92. The molecule has 0 amide bonds. The molecule has 0 N–H and O–H groups in total. The number of aryl methyl sites for hydroxylation is 3. The first-order valence-corrected chi connectivity index (χ1v) is 4.83. The first-order chi connectivity index (χ1) is 5.66. The summed E-state index contributed by atoms with van der Waals surface area (Å²) in [7, 11) is 0. The maximum atomic E-state index is 4.43. The van der Waals surface area contributed by atoms with Crippen LogP contribution < -0.4 is 0 Å². The Labute approximate surface area is 92.6 Å². The van der Waals surface area contributed by atoms with Gasteiger partial charge in [-0.05, 0) is 44.0 Å². The van der Waals surface area contributed by atoms with E-state index in [4.69, 9.17) is 0 Å². The van der Waals surface area contributed by atoms with E-state index >= 15 is 0 Å². The Kier molecular flexibility index (Phi) is 3.09. The summed E-state index contributed by atoms with van der Waals surface area (Å²) < 4.78 is 1.30. The van der Waals surface area contributed by atoms with Gasteiger partial charge in [-0.3, -0.25) is 0 Å². The summed E-state index contributed by atoms with van der Waals surface area (Å²) in [4.78, 5) is 4.43. The summed E-state index contributed by atoms with van der Waals surface area (Å²) in [6, 6.07) is 4.38. The Morgan fingerprint density at radius 1 is 1.08 bits per heavy atom. The molecule has 1 aromatic carbocycles. The molecule has 2 rings (SSSR count). The lowest BCUT2D eigenvalue weighted by Crippen LogP contribution is -1.79. The van der Waals surface area contributed by atoms with Gasteiger partial charge >= 0.3 is 0 Å². The number of hydrogen-bond acceptors (Lipinski definition) is 2. The zero-order valence-corrected chi connectivity index (χ0v) is 10.4. The Bertz CT molecular complexity index is 395. The topological polar surface area (TPSA) is 12.9 Å². The number of thiazole rings is 1. The molecule has 0 bridgehead atoms. The fourth-order valence-corrected chi connectivity index (χ4v) is 2.20. The fraction of sp³-hybridized carbons (Fsp3) is 0.300. The van der Waals surface area contributed by atoms with E-state index in [1.54, 1.807) is 11.3 Å². The standard InChI is InChI=1S/C10H11NS.BrH/c1-6-4-9-10(5-7(6)2)12-8(3)11-9;/h4-5H,1-3H3;1H. The van der Waals surface area contributed by atoms with Crippen LogP contribution in [0.4, 0.5) is 0 Å². The molecule has 0 fully saturated rings. The van der Waals surface area contributed by atoms with Crippen molar-refractivity contribution >= 4 is 38.5 Å². The number of benzene rings is 1. The molecule has 1 heterocycles. The van der Waals surface area contributed by atoms with Crippen molar-refractivity contribution in [1.82, 2.24) is 4.98 Å². The van der Waals surface area contributed by atoms with Crippen molar-refractivity contribution in [3.63, 3.8) is 0 Å². The number of rotatable bonds is 0. The number of hydrogen-bond donors (Lipinski definition) is 0. The average Bonchev–Trinajstić information content (AvgIpc) is 2.30. The first-order valence-electron chi connectivity index (χ1n) is 4.01. The predicted octanol–water partition coefficient (Wildman–Crippen LogP) is 3.80. The highest BCUT2D eigenvalue weighted by Gasteiger charge is 2.01. The molecule has 0 atom stereocenters. The van der Waals surface area contributed by atoms with Gasteiger partial charge in [-0.25, -0.2) is 4.98 Å². The van der Waals surface area contributed by atoms with E-state index < -0.39 is 0 Å². The monoisotopic (exact) mass is 257 g/mol. The molecule has 0 saturated heterocycles. The number of halogens is 1. The lowest BCUT2D eigenvalue weighted by Gasteiger charge is -1.96. The summed E-state index contributed by atoms with van der Waals surface area (Å²) in [5, 5.41) is 1.15. The molecule has 1 aromatic heterocycles. The van der Waals surface area contributed by atoms with Crippen molar-refractivity contribution in [1.29, 1.82) is 0 Å². The van der Waals surface area contributed by atoms with E-state index in [9.17, 15) is 0 Å². The molecular formula is C10H12BrNS. The van der Waals surface area contributed by atoms with Crippen molar-refractivity contribution in [3.05, 3.63) is 28.3 Å². The van der Waals surface area contributed by atoms with E-state index in [1.165, 1.54) is 15.8 Å². The lowest BCUT2D eigenvalue weighted by molar-refractivity contribution is 1.32. The maximum absolute atomic E-state index is 4.43. The number of aromatic nitrogens is 1. The summed E-state index contributed by atoms with van der Waals surface area (Å²) in [6.07, 6.45) is 0. The molecule has 3 heteroatoms. The highest BCUT2D eigenvalue weighted by molar-refractivity contribution is 8.93. The van der Waals surface area contributed by atoms with Crippen LogP contribution in [0, 0.1) is 20.8 Å². The van der Waals surface area contributed by atoms with Crippen molar-refractivity contribution < 1.29 is 0 Å². The minimum Gasteiger partial charge on any atom is -0.242 e. The van der Waals surface area contributed by atoms with Gasteiger partial charge in [0.25, 0.3) is 0 Å². The van der Waals surface area contributed by atoms with Gasteiger partial charge in [0.1, 0.15) is 0 Å². The number of nitrogens with zero attached hydrogens (tertiary/aromatic N) is 1. The minimum absolute atomic E-state index is 0. The van der Waals surface area contributed by atoms with Crippen LogP contribution in [0.5, 0.6) is 0 Å². The Hall–Kier alpha value is -0.410. The summed E-state index contributed by atoms with van der Waals surface area (Å²) in [5.41, 5.74) is 3.82. The molecule has 13 heavy (non-hydrogen) atoms. The van der Waals surface area contributed by atoms with E-state index in [0.717, 1.165) is 10.5 Å². The third-order valence-corrected chi connectivity index (χ3v) is 3.04. The third-order valence-electron chi connectivity index (χ3n) is 2.11. The van der Waals surface area contributed by atoms with Crippen LogP contribution in [-0.4, -0.2) is 4.98 Å². The van der Waals surface area contributed by atoms with Gasteiger partial charge in [0.2, 0.25) is 0 Å². The first kappa shape index (κ1) is 10.7. The predicted molar refractivity (Wildman–Crippen MR) is 64.2 cm³/mol. The largest absolute Gasteiger partial charge is 0.242 e. The van der Waals surface area contributed by atoms with Gasteiger partial charge in [-0.1, -0.05) is 0 Å². The van der Waals surface area contributed by atoms with E-state index in [2.05, 4.69) is 37.9 Å². The second-order valence-electron chi connectivity index (χ2n) is 3.14. The third kappa shape index (κ3) is 1.92. The van der Waals surface area contributed by atoms with E-state index in [0.29, 0.717) is 0 Å². The van der Waals surface area contributed by atoms with Crippen molar-refractivity contribution in [2.75, 3.05) is 0 Å². The van der Waals surface area contributed by atoms with Crippen molar-refractivity contribution in [2.24, 2.45) is 0 Å². The summed E-state index contributed by atoms with van der Waals surface area (Å²) >= 11 is 1.76. The van der Waals surface area contributed by atoms with Crippen LogP contribution in [0.1, 0.15) is 16.1 Å². The van der Waals surface area contributed by atoms with Crippen LogP contribution in [0.15, 0.2) is 12.1 Å². The van der Waals surface area contributed by atoms with Gasteiger partial charge in [-0.2, -0.15) is 0 Å². The molecule has 0 aliphatic carbocycles. The molecule has 2 aromatic rings. The highest BCUT2D eigenvalue weighted by atomic mass is 79.9. The Morgan fingerprint density at radius 3 is 2.38 bits per heavy atom. The number of fused-ring (bicyclic) bond motifs is 1. The van der Waals surface area contributed by atoms with Crippen molar-refractivity contribution in [2.45, 2.75) is 20.8 Å². The van der Waals surface area contributed by atoms with Gasteiger partial charge in [0, 0.05) is 0 Å². The van der Waals surface area contributed by atoms with Crippen LogP contribution in [0.2, 0.25) is 0 Å². The van der Waals surface area contributed by atoms with Crippen LogP contribution >= 0.6 is 28.3 Å². The van der Waals surface area contributed by atoms with Gasteiger partial charge < -0.3 is 0 Å². The van der Waals surface area contributed by atoms with Crippen molar-refractivity contribution in [3.8, 4) is 0 Å². The molecule has 0 spiro atoms. The second kappa shape index (κ2) is 3.76. The Balaban J connectivity index is 0.000000845. The summed E-state index contributed by atoms with van der Waals surface area (Å²) in [6.45, 7) is 6.32. The lowest BCUT2D eigenvalue weighted by atomic mass is 10.1. The van der Waals surface area contributed by atoms with Crippen LogP contribution in [0.3, 0.4) is 0 Å². The average molecular weight is 258 g/mol.